The summed E-state index contributed by atoms with van der Waals surface area (Å²) in [6.07, 6.45) is 0. The second-order valence-corrected chi connectivity index (χ2v) is 1.08. The van der Waals surface area contributed by atoms with Gasteiger partial charge in [0, 0.05) is 11.6 Å². The third kappa shape index (κ3) is 39.8. The van der Waals surface area contributed by atoms with E-state index >= 15 is 0 Å². The molecule has 0 aromatic carbocycles. The largest absolute Gasteiger partial charge is 0.483 e. The number of carbonyl (C=O) groups excluding carboxylic acids is 1. The van der Waals surface area contributed by atoms with Gasteiger partial charge in [-0.3, -0.25) is 4.79 Å². The van der Waals surface area contributed by atoms with Crippen LogP contribution in [0.4, 0.5) is 4.79 Å². The van der Waals surface area contributed by atoms with Crippen LogP contribution < -0.4 is 0 Å². The number of carbonyl (C=O) groups is 2. The Labute approximate surface area is 57.4 Å². The van der Waals surface area contributed by atoms with Crippen molar-refractivity contribution < 1.29 is 19.4 Å². The van der Waals surface area contributed by atoms with Crippen LogP contribution >= 0.6 is 11.6 Å². The monoisotopic (exact) mass is 154 g/mol. The lowest BCUT2D eigenvalue weighted by Crippen LogP contribution is -1.89. The molecule has 0 aliphatic carbocycles. The van der Waals surface area contributed by atoms with E-state index in [0.717, 1.165) is 0 Å². The van der Waals surface area contributed by atoms with Crippen LogP contribution in [0.2, 0.25) is 0 Å². The van der Waals surface area contributed by atoms with E-state index in [2.05, 4.69) is 4.74 Å². The van der Waals surface area contributed by atoms with Gasteiger partial charge in [0.05, 0.1) is 6.61 Å². The van der Waals surface area contributed by atoms with E-state index in [1.165, 1.54) is 0 Å². The van der Waals surface area contributed by atoms with Crippen molar-refractivity contribution in [2.45, 2.75) is 6.92 Å². The number of ether oxygens (including phenoxy) is 1. The number of carboxylic acid groups (broad SMARTS) is 1. The van der Waals surface area contributed by atoms with Gasteiger partial charge in [-0.2, -0.15) is 0 Å². The molecule has 0 amide bonds. The van der Waals surface area contributed by atoms with Crippen LogP contribution in [0.5, 0.6) is 0 Å². The van der Waals surface area contributed by atoms with Crippen molar-refractivity contribution in [3.63, 3.8) is 0 Å². The molecule has 0 heterocycles. The highest BCUT2D eigenvalue weighted by atomic mass is 35.5. The van der Waals surface area contributed by atoms with Crippen LogP contribution in [0, 0.1) is 0 Å². The number of rotatable bonds is 1. The lowest BCUT2D eigenvalue weighted by Gasteiger charge is -1.86. The summed E-state index contributed by atoms with van der Waals surface area (Å²) in [5, 5.41) is 6.89. The molecule has 0 aliphatic rings. The lowest BCUT2D eigenvalue weighted by atomic mass is 10.9. The smallest absolute Gasteiger partial charge is 0.403 e. The van der Waals surface area contributed by atoms with Gasteiger partial charge < -0.3 is 9.84 Å². The van der Waals surface area contributed by atoms with Crippen LogP contribution in [0.15, 0.2) is 0 Å². The molecule has 0 fully saturated rings. The number of hydrogen-bond donors (Lipinski definition) is 1. The molecular weight excluding hydrogens is 147 g/mol. The first-order valence-electron chi connectivity index (χ1n) is 2.09. The van der Waals surface area contributed by atoms with Gasteiger partial charge in [-0.25, -0.2) is 4.79 Å². The second kappa shape index (κ2) is 10.3. The van der Waals surface area contributed by atoms with Gasteiger partial charge >= 0.3 is 5.43 Å². The molecule has 0 atom stereocenters. The van der Waals surface area contributed by atoms with E-state index in [0.29, 0.717) is 6.61 Å². The molecular formula is C4H7ClO4. The summed E-state index contributed by atoms with van der Waals surface area (Å²) in [6.45, 7) is 1.79. The molecule has 0 rings (SSSR count). The molecule has 0 bridgehead atoms. The van der Waals surface area contributed by atoms with Crippen molar-refractivity contribution in [1.82, 2.24) is 0 Å². The minimum Gasteiger partial charge on any atom is -0.483 e. The maximum absolute atomic E-state index is 9.59. The molecule has 0 aliphatic heterocycles. The van der Waals surface area contributed by atoms with Crippen molar-refractivity contribution in [1.29, 1.82) is 0 Å². The maximum Gasteiger partial charge on any atom is 0.403 e. The summed E-state index contributed by atoms with van der Waals surface area (Å²) >= 11 is 4.72. The molecule has 54 valence electrons. The quantitative estimate of drug-likeness (QED) is 0.454. The summed E-state index contributed by atoms with van der Waals surface area (Å²) in [5.74, 6) is 0. The van der Waals surface area contributed by atoms with E-state index in [4.69, 9.17) is 21.5 Å². The van der Waals surface area contributed by atoms with Gasteiger partial charge in [0.15, 0.2) is 0 Å². The Morgan fingerprint density at radius 2 is 2.22 bits per heavy atom. The Morgan fingerprint density at radius 1 is 1.89 bits per heavy atom. The van der Waals surface area contributed by atoms with Crippen LogP contribution in [0.1, 0.15) is 6.92 Å². The predicted octanol–water partition coefficient (Wildman–Crippen LogP) is 1.08. The minimum absolute atomic E-state index is 0.250. The van der Waals surface area contributed by atoms with E-state index < -0.39 is 5.43 Å². The molecule has 0 spiro atoms. The van der Waals surface area contributed by atoms with Crippen molar-refractivity contribution in [3.8, 4) is 0 Å². The first-order valence-corrected chi connectivity index (χ1v) is 2.46. The summed E-state index contributed by atoms with van der Waals surface area (Å²) in [4.78, 5) is 17.9. The van der Waals surface area contributed by atoms with E-state index in [-0.39, 0.29) is 6.47 Å². The average molecular weight is 155 g/mol. The van der Waals surface area contributed by atoms with Crippen LogP contribution in [-0.2, 0) is 9.53 Å². The molecule has 0 aromatic heterocycles. The fourth-order valence-corrected chi connectivity index (χ4v) is 0.223. The molecule has 0 saturated carbocycles. The van der Waals surface area contributed by atoms with Crippen molar-refractivity contribution in [2.24, 2.45) is 0 Å². The van der Waals surface area contributed by atoms with Crippen molar-refractivity contribution in [2.75, 3.05) is 6.61 Å². The zero-order chi connectivity index (χ0) is 7.70. The molecule has 1 N–H and O–H groups in total. The molecule has 4 nitrogen and oxygen atoms in total. The van der Waals surface area contributed by atoms with E-state index in [9.17, 15) is 4.79 Å². The standard InChI is InChI=1S/C3H5ClO2.CH2O2/c1-2-6-3(4)5;2-1-3/h2H2,1H3;1H,(H,2,3). The zero-order valence-corrected chi connectivity index (χ0v) is 5.59. The molecule has 0 saturated heterocycles. The van der Waals surface area contributed by atoms with E-state index in [1.54, 1.807) is 6.92 Å². The van der Waals surface area contributed by atoms with Gasteiger partial charge in [-0.1, -0.05) is 0 Å². The number of halogens is 1. The minimum atomic E-state index is -0.738. The highest BCUT2D eigenvalue weighted by Crippen LogP contribution is 1.82. The molecule has 0 aromatic rings. The topological polar surface area (TPSA) is 63.6 Å². The van der Waals surface area contributed by atoms with Crippen LogP contribution in [0.25, 0.3) is 0 Å². The van der Waals surface area contributed by atoms with Gasteiger partial charge in [-0.15, -0.1) is 0 Å². The fourth-order valence-electron chi connectivity index (χ4n) is 0.113. The highest BCUT2D eigenvalue weighted by Gasteiger charge is 1.85. The average Bonchev–Trinajstić information content (AvgIpc) is 1.67. The van der Waals surface area contributed by atoms with Gasteiger partial charge in [0.2, 0.25) is 0 Å². The summed E-state index contributed by atoms with van der Waals surface area (Å²) in [7, 11) is 0. The third-order valence-corrected chi connectivity index (χ3v) is 0.367. The summed E-state index contributed by atoms with van der Waals surface area (Å²) < 4.78 is 4.17. The SMILES string of the molecule is CCOC(=O)Cl.O=CO. The van der Waals surface area contributed by atoms with Gasteiger partial charge in [-0.05, 0) is 6.92 Å². The molecule has 0 radical (unpaired) electrons. The van der Waals surface area contributed by atoms with Gasteiger partial charge in [0.25, 0.3) is 6.47 Å². The predicted molar refractivity (Wildman–Crippen MR) is 31.6 cm³/mol. The van der Waals surface area contributed by atoms with Crippen LogP contribution in [-0.4, -0.2) is 23.6 Å². The number of hydrogen-bond acceptors (Lipinski definition) is 3. The van der Waals surface area contributed by atoms with E-state index in [1.807, 2.05) is 0 Å². The molecule has 0 unspecified atom stereocenters. The first-order chi connectivity index (χ1) is 4.18. The van der Waals surface area contributed by atoms with Crippen LogP contribution in [0.3, 0.4) is 0 Å². The Balaban J connectivity index is 0. The normalized spacial score (nSPS) is 6.44. The molecule has 5 heteroatoms. The Bertz CT molecular complexity index is 82.6. The lowest BCUT2D eigenvalue weighted by molar-refractivity contribution is -0.122. The third-order valence-electron chi connectivity index (χ3n) is 0.258. The Morgan fingerprint density at radius 3 is 2.22 bits per heavy atom. The molecule has 9 heavy (non-hydrogen) atoms. The maximum atomic E-state index is 9.59. The van der Waals surface area contributed by atoms with Gasteiger partial charge in [0.1, 0.15) is 0 Å². The Kier molecular flexibility index (Phi) is 12.6. The summed E-state index contributed by atoms with van der Waals surface area (Å²) in [6, 6.07) is 0. The fraction of sp³-hybridized carbons (Fsp3) is 0.500. The summed E-state index contributed by atoms with van der Waals surface area (Å²) in [5.41, 5.74) is -0.738. The van der Waals surface area contributed by atoms with Crippen molar-refractivity contribution in [3.05, 3.63) is 0 Å². The first kappa shape index (κ1) is 11.1. The Hall–Kier alpha value is -0.770. The zero-order valence-electron chi connectivity index (χ0n) is 4.83. The van der Waals surface area contributed by atoms with Crippen molar-refractivity contribution >= 4 is 23.5 Å². The highest BCUT2D eigenvalue weighted by molar-refractivity contribution is 6.61. The second-order valence-electron chi connectivity index (χ2n) is 0.776.